The molecule has 0 radical (unpaired) electrons. The molecule has 1 aliphatic rings. The first-order valence-corrected chi connectivity index (χ1v) is 7.69. The van der Waals surface area contributed by atoms with Crippen LogP contribution in [0.15, 0.2) is 48.5 Å². The summed E-state index contributed by atoms with van der Waals surface area (Å²) in [6.07, 6.45) is 3.18. The van der Waals surface area contributed by atoms with Crippen LogP contribution in [0.3, 0.4) is 0 Å². The maximum atomic E-state index is 11.9. The van der Waals surface area contributed by atoms with E-state index in [0.29, 0.717) is 36.3 Å². The second-order valence-corrected chi connectivity index (χ2v) is 5.47. The van der Waals surface area contributed by atoms with Crippen molar-refractivity contribution >= 4 is 23.6 Å². The normalized spacial score (nSPS) is 13.1. The lowest BCUT2D eigenvalue weighted by atomic mass is 10.1. The van der Waals surface area contributed by atoms with Gasteiger partial charge in [-0.05, 0) is 29.3 Å². The zero-order valence-electron chi connectivity index (χ0n) is 12.4. The molecule has 0 bridgehead atoms. The van der Waals surface area contributed by atoms with Gasteiger partial charge in [-0.3, -0.25) is 4.79 Å². The molecule has 0 atom stereocenters. The minimum atomic E-state index is -0.167. The van der Waals surface area contributed by atoms with Gasteiger partial charge in [-0.2, -0.15) is 0 Å². The van der Waals surface area contributed by atoms with Crippen molar-refractivity contribution in [3.8, 4) is 11.5 Å². The molecule has 0 saturated heterocycles. The molecule has 118 valence electrons. The molecule has 3 rings (SSSR count). The quantitative estimate of drug-likeness (QED) is 0.874. The number of ether oxygens (including phenoxy) is 2. The lowest BCUT2D eigenvalue weighted by molar-refractivity contribution is -0.116. The van der Waals surface area contributed by atoms with Crippen LogP contribution in [-0.2, 0) is 11.3 Å². The summed E-state index contributed by atoms with van der Waals surface area (Å²) in [5, 5.41) is 3.31. The van der Waals surface area contributed by atoms with E-state index < -0.39 is 0 Å². The summed E-state index contributed by atoms with van der Waals surface area (Å²) in [5.41, 5.74) is 1.84. The Morgan fingerprint density at radius 1 is 1.17 bits per heavy atom. The van der Waals surface area contributed by atoms with E-state index in [-0.39, 0.29) is 5.91 Å². The molecule has 1 heterocycles. The number of fused-ring (bicyclic) bond motifs is 1. The molecule has 2 aromatic rings. The fourth-order valence-corrected chi connectivity index (χ4v) is 2.52. The third-order valence-corrected chi connectivity index (χ3v) is 3.64. The topological polar surface area (TPSA) is 47.6 Å². The zero-order chi connectivity index (χ0) is 16.1. The van der Waals surface area contributed by atoms with Crippen LogP contribution in [0.4, 0.5) is 0 Å². The molecular weight excluding hydrogens is 314 g/mol. The molecule has 0 unspecified atom stereocenters. The second-order valence-electron chi connectivity index (χ2n) is 5.06. The average molecular weight is 330 g/mol. The van der Waals surface area contributed by atoms with Crippen LogP contribution in [0.2, 0.25) is 5.02 Å². The van der Waals surface area contributed by atoms with Gasteiger partial charge in [0.2, 0.25) is 5.91 Å². The minimum absolute atomic E-state index is 0.167. The van der Waals surface area contributed by atoms with Crippen molar-refractivity contribution in [1.29, 1.82) is 0 Å². The Labute approximate surface area is 139 Å². The number of hydrogen-bond acceptors (Lipinski definition) is 3. The number of hydrogen-bond donors (Lipinski definition) is 1. The molecule has 5 heteroatoms. The summed E-state index contributed by atoms with van der Waals surface area (Å²) in [5.74, 6) is 0.997. The van der Waals surface area contributed by atoms with Crippen LogP contribution >= 0.6 is 11.6 Å². The van der Waals surface area contributed by atoms with Gasteiger partial charge >= 0.3 is 0 Å². The van der Waals surface area contributed by atoms with E-state index in [1.54, 1.807) is 18.2 Å². The predicted octanol–water partition coefficient (Wildman–Crippen LogP) is 3.44. The molecule has 0 fully saturated rings. The van der Waals surface area contributed by atoms with E-state index in [9.17, 15) is 4.79 Å². The summed E-state index contributed by atoms with van der Waals surface area (Å²) in [6.45, 7) is 1.48. The Balaban J connectivity index is 1.63. The molecule has 0 aromatic heterocycles. The third-order valence-electron chi connectivity index (χ3n) is 3.36. The predicted molar refractivity (Wildman–Crippen MR) is 89.8 cm³/mol. The number of rotatable bonds is 4. The first-order valence-electron chi connectivity index (χ1n) is 7.31. The van der Waals surface area contributed by atoms with Crippen LogP contribution in [-0.4, -0.2) is 19.1 Å². The minimum Gasteiger partial charge on any atom is -0.486 e. The van der Waals surface area contributed by atoms with Crippen LogP contribution in [0.5, 0.6) is 11.5 Å². The van der Waals surface area contributed by atoms with Gasteiger partial charge in [-0.25, -0.2) is 0 Å². The zero-order valence-corrected chi connectivity index (χ0v) is 13.2. The molecule has 1 amide bonds. The maximum absolute atomic E-state index is 11.9. The van der Waals surface area contributed by atoms with E-state index in [2.05, 4.69) is 5.32 Å². The fourth-order valence-electron chi connectivity index (χ4n) is 2.24. The Hall–Kier alpha value is -2.46. The van der Waals surface area contributed by atoms with Gasteiger partial charge in [0.1, 0.15) is 13.2 Å². The highest BCUT2D eigenvalue weighted by Crippen LogP contribution is 2.38. The highest BCUT2D eigenvalue weighted by atomic mass is 35.5. The molecule has 0 aliphatic carbocycles. The lowest BCUT2D eigenvalue weighted by Gasteiger charge is -2.19. The van der Waals surface area contributed by atoms with Gasteiger partial charge in [0.25, 0.3) is 0 Å². The highest BCUT2D eigenvalue weighted by molar-refractivity contribution is 6.32. The first-order chi connectivity index (χ1) is 11.2. The van der Waals surface area contributed by atoms with Gasteiger partial charge in [0.05, 0.1) is 5.02 Å². The van der Waals surface area contributed by atoms with Crippen LogP contribution in [0.1, 0.15) is 11.1 Å². The van der Waals surface area contributed by atoms with Crippen molar-refractivity contribution in [2.24, 2.45) is 0 Å². The van der Waals surface area contributed by atoms with Crippen LogP contribution in [0.25, 0.3) is 6.08 Å². The molecule has 23 heavy (non-hydrogen) atoms. The van der Waals surface area contributed by atoms with E-state index >= 15 is 0 Å². The van der Waals surface area contributed by atoms with Crippen molar-refractivity contribution in [2.45, 2.75) is 6.54 Å². The van der Waals surface area contributed by atoms with Crippen molar-refractivity contribution in [3.05, 3.63) is 64.7 Å². The Morgan fingerprint density at radius 2 is 1.96 bits per heavy atom. The SMILES string of the molecule is O=C(/C=C/c1cc(Cl)c2c(c1)OCCO2)NCc1ccccc1. The van der Waals surface area contributed by atoms with Crippen molar-refractivity contribution in [2.75, 3.05) is 13.2 Å². The van der Waals surface area contributed by atoms with Gasteiger partial charge in [0, 0.05) is 12.6 Å². The Morgan fingerprint density at radius 3 is 2.78 bits per heavy atom. The molecule has 0 spiro atoms. The molecule has 1 aliphatic heterocycles. The third kappa shape index (κ3) is 4.05. The van der Waals surface area contributed by atoms with Crippen LogP contribution in [0, 0.1) is 0 Å². The molecule has 1 N–H and O–H groups in total. The Kier molecular flexibility index (Phi) is 4.83. The Bertz CT molecular complexity index is 729. The molecule has 0 saturated carbocycles. The molecule has 2 aromatic carbocycles. The van der Waals surface area contributed by atoms with E-state index in [1.807, 2.05) is 30.3 Å². The van der Waals surface area contributed by atoms with Gasteiger partial charge in [0.15, 0.2) is 11.5 Å². The highest BCUT2D eigenvalue weighted by Gasteiger charge is 2.15. The van der Waals surface area contributed by atoms with E-state index in [1.165, 1.54) is 6.08 Å². The van der Waals surface area contributed by atoms with Gasteiger partial charge < -0.3 is 14.8 Å². The number of nitrogens with one attached hydrogen (secondary N) is 1. The number of benzene rings is 2. The molecular formula is C18H16ClNO3. The largest absolute Gasteiger partial charge is 0.486 e. The van der Waals surface area contributed by atoms with E-state index in [0.717, 1.165) is 11.1 Å². The summed E-state index contributed by atoms with van der Waals surface area (Å²) >= 11 is 6.16. The summed E-state index contributed by atoms with van der Waals surface area (Å²) < 4.78 is 11.0. The smallest absolute Gasteiger partial charge is 0.244 e. The lowest BCUT2D eigenvalue weighted by Crippen LogP contribution is -2.20. The number of carbonyl (C=O) groups is 1. The summed E-state index contributed by atoms with van der Waals surface area (Å²) in [4.78, 5) is 11.9. The van der Waals surface area contributed by atoms with Crippen molar-refractivity contribution in [3.63, 3.8) is 0 Å². The number of amides is 1. The first kappa shape index (κ1) is 15.4. The second kappa shape index (κ2) is 7.20. The molecule has 4 nitrogen and oxygen atoms in total. The monoisotopic (exact) mass is 329 g/mol. The average Bonchev–Trinajstić information content (AvgIpc) is 2.59. The number of halogens is 1. The maximum Gasteiger partial charge on any atom is 0.244 e. The van der Waals surface area contributed by atoms with Gasteiger partial charge in [-0.1, -0.05) is 41.9 Å². The van der Waals surface area contributed by atoms with Crippen molar-refractivity contribution in [1.82, 2.24) is 5.32 Å². The van der Waals surface area contributed by atoms with Gasteiger partial charge in [-0.15, -0.1) is 0 Å². The standard InChI is InChI=1S/C18H16ClNO3/c19-15-10-14(11-16-18(15)23-9-8-22-16)6-7-17(21)20-12-13-4-2-1-3-5-13/h1-7,10-11H,8-9,12H2,(H,20,21)/b7-6+. The van der Waals surface area contributed by atoms with E-state index in [4.69, 9.17) is 21.1 Å². The number of carbonyl (C=O) groups excluding carboxylic acids is 1. The fraction of sp³-hybridized carbons (Fsp3) is 0.167. The van der Waals surface area contributed by atoms with Crippen molar-refractivity contribution < 1.29 is 14.3 Å². The van der Waals surface area contributed by atoms with Crippen LogP contribution < -0.4 is 14.8 Å². The summed E-state index contributed by atoms with van der Waals surface area (Å²) in [6, 6.07) is 13.3. The summed E-state index contributed by atoms with van der Waals surface area (Å²) in [7, 11) is 0.